The van der Waals surface area contributed by atoms with E-state index >= 15 is 0 Å². The highest BCUT2D eigenvalue weighted by Gasteiger charge is 2.34. The van der Waals surface area contributed by atoms with E-state index in [9.17, 15) is 0 Å². The second kappa shape index (κ2) is 15.2. The Morgan fingerprint density at radius 2 is 1.29 bits per heavy atom. The van der Waals surface area contributed by atoms with Crippen molar-refractivity contribution in [3.63, 3.8) is 0 Å². The predicted octanol–water partition coefficient (Wildman–Crippen LogP) is 6.68. The van der Waals surface area contributed by atoms with Gasteiger partial charge in [0, 0.05) is 7.11 Å². The lowest BCUT2D eigenvalue weighted by atomic mass is 9.77. The minimum absolute atomic E-state index is 0.104. The van der Waals surface area contributed by atoms with Gasteiger partial charge < -0.3 is 9.64 Å². The van der Waals surface area contributed by atoms with Crippen LogP contribution in [0.15, 0.2) is 0 Å². The molecule has 0 heterocycles. The Morgan fingerprint density at radius 3 is 1.79 bits per heavy atom. The van der Waals surface area contributed by atoms with Crippen LogP contribution in [0, 0.1) is 5.92 Å². The van der Waals surface area contributed by atoms with Crippen LogP contribution in [0.25, 0.3) is 0 Å². The molecule has 0 saturated heterocycles. The molecule has 0 N–H and O–H groups in total. The van der Waals surface area contributed by atoms with Crippen LogP contribution in [0.4, 0.5) is 0 Å². The van der Waals surface area contributed by atoms with Crippen molar-refractivity contribution >= 4 is 0 Å². The van der Waals surface area contributed by atoms with Crippen molar-refractivity contribution in [2.75, 3.05) is 26.7 Å². The molecule has 0 fully saturated rings. The van der Waals surface area contributed by atoms with Gasteiger partial charge in [-0.15, -0.1) is 0 Å². The lowest BCUT2D eigenvalue weighted by Crippen LogP contribution is -2.39. The van der Waals surface area contributed by atoms with E-state index in [0.29, 0.717) is 0 Å². The average molecular weight is 342 g/mol. The van der Waals surface area contributed by atoms with Crippen LogP contribution in [0.1, 0.15) is 105 Å². The van der Waals surface area contributed by atoms with Crippen molar-refractivity contribution in [3.8, 4) is 0 Å². The first kappa shape index (κ1) is 23.9. The zero-order valence-corrected chi connectivity index (χ0v) is 17.8. The summed E-state index contributed by atoms with van der Waals surface area (Å²) in [7, 11) is 1.94. The standard InChI is InChI=1S/C22H47NO/c1-7-12-13-14-15-16-18-21(22(8-2,9-3)24-6)19-17-20-23(10-4)11-5/h21H,7-20H2,1-6H3. The number of methoxy groups -OCH3 is 1. The Labute approximate surface area is 153 Å². The summed E-state index contributed by atoms with van der Waals surface area (Å²) in [4.78, 5) is 2.55. The Balaban J connectivity index is 4.48. The molecule has 1 unspecified atom stereocenters. The van der Waals surface area contributed by atoms with Crippen LogP contribution in [0.2, 0.25) is 0 Å². The molecule has 146 valence electrons. The predicted molar refractivity (Wildman–Crippen MR) is 109 cm³/mol. The van der Waals surface area contributed by atoms with E-state index in [0.717, 1.165) is 18.8 Å². The second-order valence-corrected chi connectivity index (χ2v) is 7.40. The van der Waals surface area contributed by atoms with Crippen LogP contribution >= 0.6 is 0 Å². The third-order valence-electron chi connectivity index (χ3n) is 6.17. The van der Waals surface area contributed by atoms with E-state index in [1.54, 1.807) is 0 Å². The average Bonchev–Trinajstić information content (AvgIpc) is 2.62. The van der Waals surface area contributed by atoms with Gasteiger partial charge in [0.05, 0.1) is 5.60 Å². The summed E-state index contributed by atoms with van der Waals surface area (Å²) in [6.07, 6.45) is 14.6. The molecule has 2 heteroatoms. The van der Waals surface area contributed by atoms with Gasteiger partial charge in [-0.05, 0) is 57.7 Å². The van der Waals surface area contributed by atoms with Crippen molar-refractivity contribution in [2.24, 2.45) is 5.92 Å². The molecule has 2 nitrogen and oxygen atoms in total. The van der Waals surface area contributed by atoms with Gasteiger partial charge in [-0.2, -0.15) is 0 Å². The molecule has 24 heavy (non-hydrogen) atoms. The quantitative estimate of drug-likeness (QED) is 0.274. The molecule has 0 aromatic rings. The Morgan fingerprint density at radius 1 is 0.750 bits per heavy atom. The smallest absolute Gasteiger partial charge is 0.0701 e. The SMILES string of the molecule is CCCCCCCCC(CCCN(CC)CC)C(CC)(CC)OC. The summed E-state index contributed by atoms with van der Waals surface area (Å²) >= 11 is 0. The zero-order chi connectivity index (χ0) is 18.3. The molecule has 0 aliphatic rings. The maximum Gasteiger partial charge on any atom is 0.0701 e. The largest absolute Gasteiger partial charge is 0.378 e. The van der Waals surface area contributed by atoms with Gasteiger partial charge in [-0.1, -0.05) is 73.1 Å². The number of unbranched alkanes of at least 4 members (excludes halogenated alkanes) is 5. The molecule has 0 rings (SSSR count). The van der Waals surface area contributed by atoms with Crippen LogP contribution in [0.3, 0.4) is 0 Å². The van der Waals surface area contributed by atoms with E-state index < -0.39 is 0 Å². The first-order valence-corrected chi connectivity index (χ1v) is 10.9. The topological polar surface area (TPSA) is 12.5 Å². The fourth-order valence-corrected chi connectivity index (χ4v) is 4.23. The van der Waals surface area contributed by atoms with Crippen molar-refractivity contribution in [1.82, 2.24) is 4.90 Å². The molecule has 0 saturated carbocycles. The van der Waals surface area contributed by atoms with Gasteiger partial charge in [0.1, 0.15) is 0 Å². The van der Waals surface area contributed by atoms with Crippen LogP contribution in [-0.4, -0.2) is 37.2 Å². The molecule has 0 spiro atoms. The van der Waals surface area contributed by atoms with E-state index in [2.05, 4.69) is 39.5 Å². The highest BCUT2D eigenvalue weighted by Crippen LogP contribution is 2.36. The van der Waals surface area contributed by atoms with Crippen molar-refractivity contribution in [1.29, 1.82) is 0 Å². The lowest BCUT2D eigenvalue weighted by Gasteiger charge is -2.39. The summed E-state index contributed by atoms with van der Waals surface area (Å²) in [6.45, 7) is 15.1. The van der Waals surface area contributed by atoms with Crippen molar-refractivity contribution < 1.29 is 4.74 Å². The van der Waals surface area contributed by atoms with Crippen LogP contribution in [-0.2, 0) is 4.74 Å². The van der Waals surface area contributed by atoms with Crippen molar-refractivity contribution in [3.05, 3.63) is 0 Å². The van der Waals surface area contributed by atoms with E-state index in [-0.39, 0.29) is 5.60 Å². The number of rotatable bonds is 17. The Kier molecular flexibility index (Phi) is 15.1. The molecule has 0 bridgehead atoms. The summed E-state index contributed by atoms with van der Waals surface area (Å²) < 4.78 is 6.09. The van der Waals surface area contributed by atoms with Gasteiger partial charge in [0.25, 0.3) is 0 Å². The number of hydrogen-bond acceptors (Lipinski definition) is 2. The fourth-order valence-electron chi connectivity index (χ4n) is 4.23. The maximum atomic E-state index is 6.09. The van der Waals surface area contributed by atoms with Crippen LogP contribution < -0.4 is 0 Å². The molecule has 0 aromatic carbocycles. The first-order chi connectivity index (χ1) is 11.6. The van der Waals surface area contributed by atoms with E-state index in [1.807, 2.05) is 7.11 Å². The summed E-state index contributed by atoms with van der Waals surface area (Å²) in [6, 6.07) is 0. The molecular formula is C22H47NO. The first-order valence-electron chi connectivity index (χ1n) is 10.9. The monoisotopic (exact) mass is 341 g/mol. The highest BCUT2D eigenvalue weighted by molar-refractivity contribution is 4.86. The number of ether oxygens (including phenoxy) is 1. The van der Waals surface area contributed by atoms with Gasteiger partial charge >= 0.3 is 0 Å². The summed E-state index contributed by atoms with van der Waals surface area (Å²) in [5.41, 5.74) is 0.104. The molecule has 0 aliphatic carbocycles. The van der Waals surface area contributed by atoms with Gasteiger partial charge in [0.2, 0.25) is 0 Å². The molecule has 1 atom stereocenters. The molecule has 0 amide bonds. The minimum atomic E-state index is 0.104. The lowest BCUT2D eigenvalue weighted by molar-refractivity contribution is -0.0714. The maximum absolute atomic E-state index is 6.09. The highest BCUT2D eigenvalue weighted by atomic mass is 16.5. The van der Waals surface area contributed by atoms with Gasteiger partial charge in [-0.3, -0.25) is 0 Å². The third-order valence-corrected chi connectivity index (χ3v) is 6.17. The molecular weight excluding hydrogens is 294 g/mol. The minimum Gasteiger partial charge on any atom is -0.378 e. The summed E-state index contributed by atoms with van der Waals surface area (Å²) in [5.74, 6) is 0.722. The van der Waals surface area contributed by atoms with Gasteiger partial charge in [-0.25, -0.2) is 0 Å². The normalized spacial score (nSPS) is 13.6. The number of nitrogens with zero attached hydrogens (tertiary/aromatic N) is 1. The molecule has 0 aromatic heterocycles. The second-order valence-electron chi connectivity index (χ2n) is 7.40. The molecule has 0 radical (unpaired) electrons. The fraction of sp³-hybridized carbons (Fsp3) is 1.00. The number of hydrogen-bond donors (Lipinski definition) is 0. The zero-order valence-electron chi connectivity index (χ0n) is 17.8. The molecule has 0 aliphatic heterocycles. The van der Waals surface area contributed by atoms with Crippen LogP contribution in [0.5, 0.6) is 0 Å². The van der Waals surface area contributed by atoms with E-state index in [4.69, 9.17) is 4.74 Å². The van der Waals surface area contributed by atoms with E-state index in [1.165, 1.54) is 77.4 Å². The third kappa shape index (κ3) is 8.85. The Bertz CT molecular complexity index is 250. The summed E-state index contributed by atoms with van der Waals surface area (Å²) in [5, 5.41) is 0. The van der Waals surface area contributed by atoms with Crippen molar-refractivity contribution in [2.45, 2.75) is 111 Å². The van der Waals surface area contributed by atoms with Gasteiger partial charge in [0.15, 0.2) is 0 Å². The Hall–Kier alpha value is -0.0800.